The number of aryl methyl sites for hydroxylation is 1. The number of rotatable bonds is 3. The maximum Gasteiger partial charge on any atom is 0.162 e. The molecular weight excluding hydrogens is 216 g/mol. The average molecular weight is 232 g/mol. The molecule has 2 heterocycles. The third-order valence-corrected chi connectivity index (χ3v) is 2.55. The van der Waals surface area contributed by atoms with Crippen molar-refractivity contribution in [3.63, 3.8) is 0 Å². The molecule has 0 unspecified atom stereocenters. The SMILES string of the molecule is Cc1ncc(CO)c(-n2ccc(C(C)C)n2)n1. The largest absolute Gasteiger partial charge is 0.391 e. The minimum absolute atomic E-state index is 0.0908. The molecule has 0 aliphatic heterocycles. The van der Waals surface area contributed by atoms with Crippen LogP contribution in [0.1, 0.15) is 36.8 Å². The molecule has 2 aromatic heterocycles. The van der Waals surface area contributed by atoms with Gasteiger partial charge in [-0.1, -0.05) is 13.8 Å². The standard InChI is InChI=1S/C12H16N4O/c1-8(2)11-4-5-16(15-11)12-10(7-17)6-13-9(3)14-12/h4-6,8,17H,7H2,1-3H3. The van der Waals surface area contributed by atoms with Crippen molar-refractivity contribution in [2.24, 2.45) is 0 Å². The Morgan fingerprint density at radius 3 is 2.76 bits per heavy atom. The highest BCUT2D eigenvalue weighted by Gasteiger charge is 2.10. The first-order valence-electron chi connectivity index (χ1n) is 5.61. The van der Waals surface area contributed by atoms with E-state index >= 15 is 0 Å². The zero-order chi connectivity index (χ0) is 12.4. The van der Waals surface area contributed by atoms with Crippen LogP contribution in [0.2, 0.25) is 0 Å². The molecule has 0 saturated heterocycles. The van der Waals surface area contributed by atoms with Gasteiger partial charge in [0.25, 0.3) is 0 Å². The number of aliphatic hydroxyl groups is 1. The van der Waals surface area contributed by atoms with Crippen LogP contribution in [0.15, 0.2) is 18.5 Å². The van der Waals surface area contributed by atoms with Crippen LogP contribution in [0, 0.1) is 6.92 Å². The van der Waals surface area contributed by atoms with Gasteiger partial charge < -0.3 is 5.11 Å². The average Bonchev–Trinajstić information content (AvgIpc) is 2.78. The normalized spacial score (nSPS) is 11.1. The van der Waals surface area contributed by atoms with Crippen molar-refractivity contribution in [1.82, 2.24) is 19.7 Å². The van der Waals surface area contributed by atoms with Gasteiger partial charge in [-0.3, -0.25) is 0 Å². The van der Waals surface area contributed by atoms with Gasteiger partial charge in [0.05, 0.1) is 12.3 Å². The van der Waals surface area contributed by atoms with Gasteiger partial charge in [-0.2, -0.15) is 5.10 Å². The quantitative estimate of drug-likeness (QED) is 0.872. The Hall–Kier alpha value is -1.75. The summed E-state index contributed by atoms with van der Waals surface area (Å²) in [5.41, 5.74) is 1.68. The molecule has 2 rings (SSSR count). The van der Waals surface area contributed by atoms with E-state index in [0.29, 0.717) is 23.1 Å². The van der Waals surface area contributed by atoms with Crippen LogP contribution in [0.4, 0.5) is 0 Å². The first kappa shape index (κ1) is 11.7. The van der Waals surface area contributed by atoms with Crippen LogP contribution in [-0.2, 0) is 6.61 Å². The summed E-state index contributed by atoms with van der Waals surface area (Å²) >= 11 is 0. The summed E-state index contributed by atoms with van der Waals surface area (Å²) in [7, 11) is 0. The van der Waals surface area contributed by atoms with Crippen LogP contribution >= 0.6 is 0 Å². The molecule has 90 valence electrons. The maximum absolute atomic E-state index is 9.27. The maximum atomic E-state index is 9.27. The first-order valence-corrected chi connectivity index (χ1v) is 5.61. The van der Waals surface area contributed by atoms with E-state index in [1.165, 1.54) is 0 Å². The minimum atomic E-state index is -0.0908. The molecule has 2 aromatic rings. The molecule has 0 atom stereocenters. The van der Waals surface area contributed by atoms with Gasteiger partial charge in [0.2, 0.25) is 0 Å². The summed E-state index contributed by atoms with van der Waals surface area (Å²) in [6.07, 6.45) is 3.49. The summed E-state index contributed by atoms with van der Waals surface area (Å²) in [6.45, 7) is 5.90. The van der Waals surface area contributed by atoms with E-state index < -0.39 is 0 Å². The summed E-state index contributed by atoms with van der Waals surface area (Å²) < 4.78 is 1.69. The molecular formula is C12H16N4O. The summed E-state index contributed by atoms with van der Waals surface area (Å²) in [4.78, 5) is 8.38. The van der Waals surface area contributed by atoms with Crippen LogP contribution in [0.5, 0.6) is 0 Å². The molecule has 0 spiro atoms. The highest BCUT2D eigenvalue weighted by molar-refractivity contribution is 5.31. The van der Waals surface area contributed by atoms with E-state index in [2.05, 4.69) is 28.9 Å². The molecule has 0 aliphatic carbocycles. The number of aromatic nitrogens is 4. The summed E-state index contributed by atoms with van der Waals surface area (Å²) in [5, 5.41) is 13.7. The number of hydrogen-bond donors (Lipinski definition) is 1. The monoisotopic (exact) mass is 232 g/mol. The van der Waals surface area contributed by atoms with Crippen molar-refractivity contribution in [3.05, 3.63) is 35.5 Å². The smallest absolute Gasteiger partial charge is 0.162 e. The summed E-state index contributed by atoms with van der Waals surface area (Å²) in [5.74, 6) is 1.68. The number of nitrogens with zero attached hydrogens (tertiary/aromatic N) is 4. The number of aliphatic hydroxyl groups excluding tert-OH is 1. The lowest BCUT2D eigenvalue weighted by Gasteiger charge is -2.06. The second-order valence-electron chi connectivity index (χ2n) is 4.26. The lowest BCUT2D eigenvalue weighted by molar-refractivity contribution is 0.280. The zero-order valence-corrected chi connectivity index (χ0v) is 10.3. The highest BCUT2D eigenvalue weighted by Crippen LogP contribution is 2.15. The van der Waals surface area contributed by atoms with Crippen LogP contribution in [-0.4, -0.2) is 24.9 Å². The van der Waals surface area contributed by atoms with Gasteiger partial charge >= 0.3 is 0 Å². The Balaban J connectivity index is 2.47. The van der Waals surface area contributed by atoms with Gasteiger partial charge in [-0.15, -0.1) is 0 Å². The Bertz CT molecular complexity index is 519. The predicted molar refractivity (Wildman–Crippen MR) is 63.9 cm³/mol. The predicted octanol–water partition coefficient (Wildman–Crippen LogP) is 1.59. The second kappa shape index (κ2) is 4.63. The first-order chi connectivity index (χ1) is 8.11. The fraction of sp³-hybridized carbons (Fsp3) is 0.417. The molecule has 5 nitrogen and oxygen atoms in total. The third kappa shape index (κ3) is 2.34. The van der Waals surface area contributed by atoms with Gasteiger partial charge in [-0.25, -0.2) is 14.6 Å². The Morgan fingerprint density at radius 2 is 2.18 bits per heavy atom. The second-order valence-corrected chi connectivity index (χ2v) is 4.26. The van der Waals surface area contributed by atoms with Crippen LogP contribution in [0.25, 0.3) is 5.82 Å². The van der Waals surface area contributed by atoms with Gasteiger partial charge in [0.1, 0.15) is 5.82 Å². The van der Waals surface area contributed by atoms with Crippen molar-refractivity contribution in [2.45, 2.75) is 33.3 Å². The van der Waals surface area contributed by atoms with Crippen molar-refractivity contribution < 1.29 is 5.11 Å². The molecule has 1 N–H and O–H groups in total. The molecule has 0 radical (unpaired) electrons. The van der Waals surface area contributed by atoms with Crippen molar-refractivity contribution in [1.29, 1.82) is 0 Å². The third-order valence-electron chi connectivity index (χ3n) is 2.55. The molecule has 0 bridgehead atoms. The Morgan fingerprint density at radius 1 is 1.41 bits per heavy atom. The van der Waals surface area contributed by atoms with E-state index in [9.17, 15) is 5.11 Å². The zero-order valence-electron chi connectivity index (χ0n) is 10.3. The number of hydrogen-bond acceptors (Lipinski definition) is 4. The lowest BCUT2D eigenvalue weighted by atomic mass is 10.1. The molecule has 0 fully saturated rings. The van der Waals surface area contributed by atoms with Crippen molar-refractivity contribution >= 4 is 0 Å². The van der Waals surface area contributed by atoms with E-state index in [-0.39, 0.29) is 6.61 Å². The van der Waals surface area contributed by atoms with Crippen molar-refractivity contribution in [3.8, 4) is 5.82 Å². The van der Waals surface area contributed by atoms with Crippen LogP contribution in [0.3, 0.4) is 0 Å². The minimum Gasteiger partial charge on any atom is -0.391 e. The Labute approximate surface area is 100 Å². The van der Waals surface area contributed by atoms with Crippen LogP contribution < -0.4 is 0 Å². The molecule has 17 heavy (non-hydrogen) atoms. The van der Waals surface area contributed by atoms with Gasteiger partial charge in [0.15, 0.2) is 5.82 Å². The van der Waals surface area contributed by atoms with Crippen molar-refractivity contribution in [2.75, 3.05) is 0 Å². The molecule has 0 aliphatic rings. The fourth-order valence-electron chi connectivity index (χ4n) is 1.56. The summed E-state index contributed by atoms with van der Waals surface area (Å²) in [6, 6.07) is 1.96. The molecule has 0 saturated carbocycles. The van der Waals surface area contributed by atoms with E-state index in [1.54, 1.807) is 10.9 Å². The Kier molecular flexibility index (Phi) is 3.19. The van der Waals surface area contributed by atoms with E-state index in [1.807, 2.05) is 19.2 Å². The van der Waals surface area contributed by atoms with Gasteiger partial charge in [-0.05, 0) is 18.9 Å². The molecule has 0 aromatic carbocycles. The topological polar surface area (TPSA) is 63.8 Å². The lowest BCUT2D eigenvalue weighted by Crippen LogP contribution is -2.07. The molecule has 0 amide bonds. The molecule has 5 heteroatoms. The highest BCUT2D eigenvalue weighted by atomic mass is 16.3. The van der Waals surface area contributed by atoms with Gasteiger partial charge in [0, 0.05) is 18.0 Å². The fourth-order valence-corrected chi connectivity index (χ4v) is 1.56. The van der Waals surface area contributed by atoms with E-state index in [4.69, 9.17) is 0 Å². The van der Waals surface area contributed by atoms with E-state index in [0.717, 1.165) is 5.69 Å².